The van der Waals surface area contributed by atoms with Gasteiger partial charge in [-0.25, -0.2) is 0 Å². The lowest BCUT2D eigenvalue weighted by molar-refractivity contribution is -0.165. The molecule has 2 nitrogen and oxygen atoms in total. The average molecular weight is 504 g/mol. The standard InChI is InChI=1S/2C14H11F3O/c2*15-14(16,17)13(18)11-7-2-1-4-8-12-9-5-3-6-10-12/h2*1-11H. The molecule has 0 fully saturated rings. The monoisotopic (exact) mass is 504 g/mol. The maximum Gasteiger partial charge on any atom is 0.454 e. The van der Waals surface area contributed by atoms with Crippen LogP contribution in [0.5, 0.6) is 0 Å². The molecule has 0 bridgehead atoms. The summed E-state index contributed by atoms with van der Waals surface area (Å²) in [5, 5.41) is 0. The van der Waals surface area contributed by atoms with Gasteiger partial charge in [0.1, 0.15) is 0 Å². The predicted molar refractivity (Wildman–Crippen MR) is 130 cm³/mol. The largest absolute Gasteiger partial charge is 0.454 e. The Bertz CT molecular complexity index is 1030. The number of alkyl halides is 6. The van der Waals surface area contributed by atoms with Crippen LogP contribution in [0.1, 0.15) is 11.1 Å². The second-order valence-electron chi connectivity index (χ2n) is 6.75. The van der Waals surface area contributed by atoms with E-state index in [0.717, 1.165) is 23.3 Å². The molecule has 0 aliphatic heterocycles. The van der Waals surface area contributed by atoms with Gasteiger partial charge >= 0.3 is 12.4 Å². The van der Waals surface area contributed by atoms with Crippen molar-refractivity contribution in [2.24, 2.45) is 0 Å². The van der Waals surface area contributed by atoms with E-state index in [4.69, 9.17) is 0 Å². The van der Waals surface area contributed by atoms with Crippen molar-refractivity contribution in [3.8, 4) is 0 Å². The van der Waals surface area contributed by atoms with E-state index < -0.39 is 23.9 Å². The van der Waals surface area contributed by atoms with Crippen LogP contribution < -0.4 is 0 Å². The molecular weight excluding hydrogens is 482 g/mol. The molecular formula is C28H22F6O2. The number of ketones is 2. The van der Waals surface area contributed by atoms with Crippen LogP contribution in [-0.2, 0) is 9.59 Å². The molecule has 8 heteroatoms. The van der Waals surface area contributed by atoms with Crippen LogP contribution in [0.15, 0.2) is 121 Å². The summed E-state index contributed by atoms with van der Waals surface area (Å²) in [5.74, 6) is -3.72. The summed E-state index contributed by atoms with van der Waals surface area (Å²) in [5.41, 5.74) is 1.97. The molecule has 188 valence electrons. The molecule has 0 atom stereocenters. The van der Waals surface area contributed by atoms with Crippen LogP contribution in [-0.4, -0.2) is 23.9 Å². The highest BCUT2D eigenvalue weighted by molar-refractivity contribution is 5.95. The van der Waals surface area contributed by atoms with Crippen molar-refractivity contribution < 1.29 is 35.9 Å². The third-order valence-electron chi connectivity index (χ3n) is 3.90. The Labute approximate surface area is 205 Å². The fourth-order valence-corrected chi connectivity index (χ4v) is 2.19. The average Bonchev–Trinajstić information content (AvgIpc) is 2.83. The maximum absolute atomic E-state index is 11.8. The van der Waals surface area contributed by atoms with Gasteiger partial charge in [0.2, 0.25) is 0 Å². The fraction of sp³-hybridized carbons (Fsp3) is 0.0714. The Morgan fingerprint density at radius 3 is 1.08 bits per heavy atom. The lowest BCUT2D eigenvalue weighted by Crippen LogP contribution is -2.19. The van der Waals surface area contributed by atoms with Gasteiger partial charge in [0.15, 0.2) is 0 Å². The first-order chi connectivity index (χ1) is 17.0. The first-order valence-electron chi connectivity index (χ1n) is 10.4. The molecule has 0 amide bonds. The van der Waals surface area contributed by atoms with Gasteiger partial charge in [-0.15, -0.1) is 0 Å². The molecule has 2 aromatic rings. The summed E-state index contributed by atoms with van der Waals surface area (Å²) >= 11 is 0. The van der Waals surface area contributed by atoms with Crippen molar-refractivity contribution in [2.75, 3.05) is 0 Å². The van der Waals surface area contributed by atoms with Gasteiger partial charge in [-0.2, -0.15) is 26.3 Å². The van der Waals surface area contributed by atoms with E-state index in [1.165, 1.54) is 12.2 Å². The first-order valence-corrected chi connectivity index (χ1v) is 10.4. The number of hydrogen-bond donors (Lipinski definition) is 0. The summed E-state index contributed by atoms with van der Waals surface area (Å²) in [6.45, 7) is 0. The van der Waals surface area contributed by atoms with Crippen LogP contribution in [0.25, 0.3) is 12.2 Å². The van der Waals surface area contributed by atoms with Crippen molar-refractivity contribution in [1.82, 2.24) is 0 Å². The lowest BCUT2D eigenvalue weighted by atomic mass is 10.2. The SMILES string of the molecule is O=C(C=CC=CC=Cc1ccccc1)C(F)(F)F.O=C(C=CC=CC=Cc1ccccc1)C(F)(F)F. The molecule has 0 spiro atoms. The quantitative estimate of drug-likeness (QED) is 0.208. The third kappa shape index (κ3) is 14.1. The molecule has 0 aliphatic carbocycles. The first kappa shape index (κ1) is 29.8. The Hall–Kier alpha value is -4.20. The van der Waals surface area contributed by atoms with E-state index in [-0.39, 0.29) is 0 Å². The number of halogens is 6. The van der Waals surface area contributed by atoms with Crippen LogP contribution in [0.4, 0.5) is 26.3 Å². The number of carbonyl (C=O) groups is 2. The van der Waals surface area contributed by atoms with Gasteiger partial charge in [-0.1, -0.05) is 121 Å². The van der Waals surface area contributed by atoms with Gasteiger partial charge in [-0.3, -0.25) is 9.59 Å². The number of carbonyl (C=O) groups excluding carboxylic acids is 2. The zero-order valence-corrected chi connectivity index (χ0v) is 18.8. The molecule has 36 heavy (non-hydrogen) atoms. The lowest BCUT2D eigenvalue weighted by Gasteiger charge is -1.97. The summed E-state index contributed by atoms with van der Waals surface area (Å²) in [6.07, 6.45) is 6.29. The molecule has 0 heterocycles. The molecule has 0 N–H and O–H groups in total. The molecule has 0 radical (unpaired) electrons. The molecule has 0 saturated carbocycles. The highest BCUT2D eigenvalue weighted by atomic mass is 19.4. The molecule has 0 aromatic heterocycles. The smallest absolute Gasteiger partial charge is 0.285 e. The minimum atomic E-state index is -4.80. The highest BCUT2D eigenvalue weighted by Crippen LogP contribution is 2.17. The number of rotatable bonds is 8. The normalized spacial score (nSPS) is 12.8. The number of allylic oxidation sites excluding steroid dienone is 10. The Kier molecular flexibility index (Phi) is 13.0. The van der Waals surface area contributed by atoms with Gasteiger partial charge in [0.25, 0.3) is 11.6 Å². The highest BCUT2D eigenvalue weighted by Gasteiger charge is 2.36. The number of benzene rings is 2. The van der Waals surface area contributed by atoms with E-state index in [1.54, 1.807) is 36.5 Å². The minimum Gasteiger partial charge on any atom is -0.285 e. The van der Waals surface area contributed by atoms with Gasteiger partial charge in [-0.05, 0) is 23.3 Å². The van der Waals surface area contributed by atoms with E-state index in [2.05, 4.69) is 0 Å². The van der Waals surface area contributed by atoms with E-state index in [9.17, 15) is 35.9 Å². The second kappa shape index (κ2) is 15.7. The minimum absolute atomic E-state index is 0.493. The fourth-order valence-electron chi connectivity index (χ4n) is 2.19. The van der Waals surface area contributed by atoms with E-state index in [0.29, 0.717) is 12.2 Å². The van der Waals surface area contributed by atoms with Crippen LogP contribution in [0.3, 0.4) is 0 Å². The summed E-state index contributed by atoms with van der Waals surface area (Å²) < 4.78 is 70.8. The van der Waals surface area contributed by atoms with Gasteiger partial charge < -0.3 is 0 Å². The zero-order valence-electron chi connectivity index (χ0n) is 18.8. The summed E-state index contributed by atoms with van der Waals surface area (Å²) in [4.78, 5) is 20.9. The predicted octanol–water partition coefficient (Wildman–Crippen LogP) is 7.89. The maximum atomic E-state index is 11.8. The molecule has 2 rings (SSSR count). The Balaban J connectivity index is 0.000000360. The molecule has 2 aromatic carbocycles. The Morgan fingerprint density at radius 2 is 0.778 bits per heavy atom. The van der Waals surface area contributed by atoms with Gasteiger partial charge in [0, 0.05) is 0 Å². The summed E-state index contributed by atoms with van der Waals surface area (Å²) in [6, 6.07) is 18.9. The van der Waals surface area contributed by atoms with Gasteiger partial charge in [0.05, 0.1) is 0 Å². The zero-order chi connectivity index (χ0) is 26.9. The van der Waals surface area contributed by atoms with Crippen molar-refractivity contribution >= 4 is 23.7 Å². The third-order valence-corrected chi connectivity index (χ3v) is 3.90. The van der Waals surface area contributed by atoms with Crippen molar-refractivity contribution in [1.29, 1.82) is 0 Å². The summed E-state index contributed by atoms with van der Waals surface area (Å²) in [7, 11) is 0. The van der Waals surface area contributed by atoms with Crippen molar-refractivity contribution in [2.45, 2.75) is 12.4 Å². The van der Waals surface area contributed by atoms with Crippen LogP contribution >= 0.6 is 0 Å². The van der Waals surface area contributed by atoms with Crippen LogP contribution in [0.2, 0.25) is 0 Å². The molecule has 0 aliphatic rings. The van der Waals surface area contributed by atoms with E-state index >= 15 is 0 Å². The van der Waals surface area contributed by atoms with Crippen molar-refractivity contribution in [3.63, 3.8) is 0 Å². The topological polar surface area (TPSA) is 34.1 Å². The van der Waals surface area contributed by atoms with Crippen LogP contribution in [0, 0.1) is 0 Å². The molecule has 0 unspecified atom stereocenters. The number of hydrogen-bond acceptors (Lipinski definition) is 2. The molecule has 0 saturated heterocycles. The van der Waals surface area contributed by atoms with E-state index in [1.807, 2.05) is 60.7 Å². The Morgan fingerprint density at radius 1 is 0.472 bits per heavy atom. The van der Waals surface area contributed by atoms with Crippen molar-refractivity contribution in [3.05, 3.63) is 133 Å². The second-order valence-corrected chi connectivity index (χ2v) is 6.75.